The fraction of sp³-hybridized carbons (Fsp3) is 0.500. The van der Waals surface area contributed by atoms with Crippen LogP contribution in [0.15, 0.2) is 24.3 Å². The van der Waals surface area contributed by atoms with Crippen molar-refractivity contribution in [2.45, 2.75) is 19.4 Å². The molecule has 2 N–H and O–H groups in total. The number of carbonyl (C=O) groups is 1. The van der Waals surface area contributed by atoms with E-state index in [9.17, 15) is 9.90 Å². The van der Waals surface area contributed by atoms with E-state index in [0.29, 0.717) is 12.1 Å². The molecule has 18 heavy (non-hydrogen) atoms. The normalized spacial score (nSPS) is 12.5. The number of likely N-dealkylation sites (N-methyl/N-ethyl adjacent to an activating group) is 1. The standard InChI is InChI=1S/C14H22N2O2/c1-4-11-7-5-6-8-13(11)14(18)15-9-12(17)10-16(2)3/h5-8,12,17H,4,9-10H2,1-3H3,(H,15,18). The lowest BCUT2D eigenvalue weighted by atomic mass is 10.0. The molecule has 1 aromatic carbocycles. The van der Waals surface area contributed by atoms with Crippen LogP contribution in [0.1, 0.15) is 22.8 Å². The van der Waals surface area contributed by atoms with Crippen LogP contribution in [0.25, 0.3) is 0 Å². The molecule has 0 saturated heterocycles. The molecule has 1 rings (SSSR count). The number of amides is 1. The number of hydrogen-bond donors (Lipinski definition) is 2. The van der Waals surface area contributed by atoms with Crippen molar-refractivity contribution in [1.82, 2.24) is 10.2 Å². The van der Waals surface area contributed by atoms with Gasteiger partial charge in [0.25, 0.3) is 5.91 Å². The van der Waals surface area contributed by atoms with Crippen LogP contribution in [0.2, 0.25) is 0 Å². The largest absolute Gasteiger partial charge is 0.390 e. The third kappa shape index (κ3) is 4.47. The van der Waals surface area contributed by atoms with Crippen molar-refractivity contribution < 1.29 is 9.90 Å². The second-order valence-corrected chi connectivity index (χ2v) is 4.64. The number of benzene rings is 1. The Bertz CT molecular complexity index is 391. The first kappa shape index (κ1) is 14.7. The van der Waals surface area contributed by atoms with E-state index < -0.39 is 6.10 Å². The van der Waals surface area contributed by atoms with E-state index in [0.717, 1.165) is 12.0 Å². The Morgan fingerprint density at radius 2 is 2.06 bits per heavy atom. The molecule has 0 bridgehead atoms. The van der Waals surface area contributed by atoms with Crippen molar-refractivity contribution in [3.8, 4) is 0 Å². The maximum atomic E-state index is 12.0. The van der Waals surface area contributed by atoms with Gasteiger partial charge in [-0.15, -0.1) is 0 Å². The van der Waals surface area contributed by atoms with Gasteiger partial charge in [0, 0.05) is 18.7 Å². The molecule has 0 fully saturated rings. The number of rotatable bonds is 6. The Morgan fingerprint density at radius 3 is 2.67 bits per heavy atom. The summed E-state index contributed by atoms with van der Waals surface area (Å²) in [5.41, 5.74) is 1.72. The smallest absolute Gasteiger partial charge is 0.251 e. The van der Waals surface area contributed by atoms with Gasteiger partial charge in [0.05, 0.1) is 6.10 Å². The van der Waals surface area contributed by atoms with E-state index in [1.54, 1.807) is 0 Å². The summed E-state index contributed by atoms with van der Waals surface area (Å²) >= 11 is 0. The molecule has 0 spiro atoms. The minimum atomic E-state index is -0.544. The molecule has 1 aromatic rings. The second kappa shape index (κ2) is 7.13. The van der Waals surface area contributed by atoms with Gasteiger partial charge in [0.2, 0.25) is 0 Å². The first-order valence-corrected chi connectivity index (χ1v) is 6.23. The monoisotopic (exact) mass is 250 g/mol. The molecule has 0 saturated carbocycles. The lowest BCUT2D eigenvalue weighted by Crippen LogP contribution is -2.38. The lowest BCUT2D eigenvalue weighted by molar-refractivity contribution is 0.0891. The van der Waals surface area contributed by atoms with Gasteiger partial charge in [-0.05, 0) is 32.1 Å². The number of aliphatic hydroxyl groups excluding tert-OH is 1. The van der Waals surface area contributed by atoms with E-state index in [-0.39, 0.29) is 12.5 Å². The van der Waals surface area contributed by atoms with Gasteiger partial charge in [-0.1, -0.05) is 25.1 Å². The van der Waals surface area contributed by atoms with Crippen molar-refractivity contribution in [3.05, 3.63) is 35.4 Å². The van der Waals surface area contributed by atoms with Crippen molar-refractivity contribution in [2.24, 2.45) is 0 Å². The van der Waals surface area contributed by atoms with E-state index in [1.165, 1.54) is 0 Å². The quantitative estimate of drug-likeness (QED) is 0.789. The predicted octanol–water partition coefficient (Wildman–Crippen LogP) is 0.901. The minimum Gasteiger partial charge on any atom is -0.390 e. The van der Waals surface area contributed by atoms with Gasteiger partial charge in [-0.3, -0.25) is 4.79 Å². The lowest BCUT2D eigenvalue weighted by Gasteiger charge is -2.16. The first-order chi connectivity index (χ1) is 8.54. The summed E-state index contributed by atoms with van der Waals surface area (Å²) in [5.74, 6) is -0.120. The Kier molecular flexibility index (Phi) is 5.82. The summed E-state index contributed by atoms with van der Waals surface area (Å²) < 4.78 is 0. The molecule has 1 amide bonds. The Morgan fingerprint density at radius 1 is 1.39 bits per heavy atom. The molecule has 0 aliphatic carbocycles. The van der Waals surface area contributed by atoms with Crippen molar-refractivity contribution in [3.63, 3.8) is 0 Å². The summed E-state index contributed by atoms with van der Waals surface area (Å²) in [7, 11) is 3.77. The van der Waals surface area contributed by atoms with Gasteiger partial charge in [-0.2, -0.15) is 0 Å². The van der Waals surface area contributed by atoms with Crippen LogP contribution in [0.5, 0.6) is 0 Å². The van der Waals surface area contributed by atoms with E-state index in [4.69, 9.17) is 0 Å². The molecule has 4 nitrogen and oxygen atoms in total. The van der Waals surface area contributed by atoms with Crippen LogP contribution < -0.4 is 5.32 Å². The number of hydrogen-bond acceptors (Lipinski definition) is 3. The minimum absolute atomic E-state index is 0.120. The van der Waals surface area contributed by atoms with Gasteiger partial charge in [-0.25, -0.2) is 0 Å². The Balaban J connectivity index is 2.55. The van der Waals surface area contributed by atoms with Crippen molar-refractivity contribution >= 4 is 5.91 Å². The van der Waals surface area contributed by atoms with Crippen molar-refractivity contribution in [2.75, 3.05) is 27.2 Å². The zero-order valence-corrected chi connectivity index (χ0v) is 11.3. The number of carbonyl (C=O) groups excluding carboxylic acids is 1. The summed E-state index contributed by atoms with van der Waals surface area (Å²) in [4.78, 5) is 13.9. The van der Waals surface area contributed by atoms with E-state index >= 15 is 0 Å². The molecule has 1 atom stereocenters. The average molecular weight is 250 g/mol. The number of nitrogens with one attached hydrogen (secondary N) is 1. The molecule has 4 heteroatoms. The SMILES string of the molecule is CCc1ccccc1C(=O)NCC(O)CN(C)C. The fourth-order valence-electron chi connectivity index (χ4n) is 1.84. The van der Waals surface area contributed by atoms with Crippen molar-refractivity contribution in [1.29, 1.82) is 0 Å². The molecular weight excluding hydrogens is 228 g/mol. The highest BCUT2D eigenvalue weighted by Gasteiger charge is 2.11. The van der Waals surface area contributed by atoms with E-state index in [1.807, 2.05) is 50.2 Å². The molecule has 0 aromatic heterocycles. The Hall–Kier alpha value is -1.39. The van der Waals surface area contributed by atoms with Crippen LogP contribution >= 0.6 is 0 Å². The second-order valence-electron chi connectivity index (χ2n) is 4.64. The highest BCUT2D eigenvalue weighted by atomic mass is 16.3. The van der Waals surface area contributed by atoms with Gasteiger partial charge in [0.15, 0.2) is 0 Å². The summed E-state index contributed by atoms with van der Waals surface area (Å²) in [6, 6.07) is 7.54. The first-order valence-electron chi connectivity index (χ1n) is 6.23. The molecule has 0 radical (unpaired) electrons. The van der Waals surface area contributed by atoms with Crippen LogP contribution in [0, 0.1) is 0 Å². The van der Waals surface area contributed by atoms with Gasteiger partial charge in [0.1, 0.15) is 0 Å². The molecule has 0 aliphatic rings. The summed E-state index contributed by atoms with van der Waals surface area (Å²) in [5, 5.41) is 12.4. The summed E-state index contributed by atoms with van der Waals surface area (Å²) in [6.45, 7) is 2.83. The number of aryl methyl sites for hydroxylation is 1. The molecule has 0 aliphatic heterocycles. The maximum absolute atomic E-state index is 12.0. The van der Waals surface area contributed by atoms with Crippen LogP contribution in [-0.4, -0.2) is 49.2 Å². The topological polar surface area (TPSA) is 52.6 Å². The van der Waals surface area contributed by atoms with Crippen LogP contribution in [0.4, 0.5) is 0 Å². The van der Waals surface area contributed by atoms with Gasteiger partial charge >= 0.3 is 0 Å². The zero-order valence-electron chi connectivity index (χ0n) is 11.3. The molecule has 0 heterocycles. The highest BCUT2D eigenvalue weighted by molar-refractivity contribution is 5.95. The third-order valence-corrected chi connectivity index (χ3v) is 2.72. The maximum Gasteiger partial charge on any atom is 0.251 e. The third-order valence-electron chi connectivity index (χ3n) is 2.72. The van der Waals surface area contributed by atoms with Gasteiger partial charge < -0.3 is 15.3 Å². The summed E-state index contributed by atoms with van der Waals surface area (Å²) in [6.07, 6.45) is 0.279. The molecular formula is C14H22N2O2. The Labute approximate surface area is 109 Å². The predicted molar refractivity (Wildman–Crippen MR) is 72.7 cm³/mol. The highest BCUT2D eigenvalue weighted by Crippen LogP contribution is 2.09. The molecule has 100 valence electrons. The zero-order chi connectivity index (χ0) is 13.5. The van der Waals surface area contributed by atoms with Crippen LogP contribution in [0.3, 0.4) is 0 Å². The van der Waals surface area contributed by atoms with Crippen LogP contribution in [-0.2, 0) is 6.42 Å². The molecule has 1 unspecified atom stereocenters. The average Bonchev–Trinajstić information content (AvgIpc) is 2.35. The number of nitrogens with zero attached hydrogens (tertiary/aromatic N) is 1. The van der Waals surface area contributed by atoms with E-state index in [2.05, 4.69) is 5.32 Å². The fourth-order valence-corrected chi connectivity index (χ4v) is 1.84. The number of aliphatic hydroxyl groups is 1.